The zero-order valence-electron chi connectivity index (χ0n) is 21.9. The van der Waals surface area contributed by atoms with Gasteiger partial charge >= 0.3 is 0 Å². The van der Waals surface area contributed by atoms with E-state index in [9.17, 15) is 0 Å². The molecule has 0 N–H and O–H groups in total. The van der Waals surface area contributed by atoms with E-state index in [4.69, 9.17) is 9.98 Å². The zero-order chi connectivity index (χ0) is 24.8. The number of benzene rings is 3. The summed E-state index contributed by atoms with van der Waals surface area (Å²) in [5.41, 5.74) is 7.57. The van der Waals surface area contributed by atoms with Crippen molar-refractivity contribution in [1.29, 1.82) is 0 Å². The molecule has 2 heterocycles. The Morgan fingerprint density at radius 1 is 0.686 bits per heavy atom. The van der Waals surface area contributed by atoms with Gasteiger partial charge in [-0.3, -0.25) is 9.98 Å². The molecule has 0 amide bonds. The van der Waals surface area contributed by atoms with E-state index >= 15 is 0 Å². The van der Waals surface area contributed by atoms with Crippen molar-refractivity contribution in [3.05, 3.63) is 89.6 Å². The minimum atomic E-state index is 0.0620. The van der Waals surface area contributed by atoms with Crippen molar-refractivity contribution in [3.8, 4) is 11.3 Å². The van der Waals surface area contributed by atoms with Gasteiger partial charge in [-0.1, -0.05) is 95.6 Å². The van der Waals surface area contributed by atoms with Crippen molar-refractivity contribution < 1.29 is 0 Å². The molecule has 0 unspecified atom stereocenters. The summed E-state index contributed by atoms with van der Waals surface area (Å²) in [6, 6.07) is 22.0. The number of aliphatic imine (C=N–C) groups is 1. The van der Waals surface area contributed by atoms with Crippen LogP contribution in [0.15, 0.2) is 83.5 Å². The fourth-order valence-electron chi connectivity index (χ4n) is 5.21. The van der Waals surface area contributed by atoms with E-state index in [-0.39, 0.29) is 10.8 Å². The molecule has 2 heteroatoms. The fraction of sp³-hybridized carbons (Fsp3) is 0.333. The lowest BCUT2D eigenvalue weighted by atomic mass is 9.81. The van der Waals surface area contributed by atoms with Crippen molar-refractivity contribution in [3.63, 3.8) is 0 Å². The normalized spacial score (nSPS) is 15.1. The van der Waals surface area contributed by atoms with Gasteiger partial charge in [0.05, 0.1) is 11.4 Å². The molecular formula is C33H36N2. The highest BCUT2D eigenvalue weighted by molar-refractivity contribution is 6.28. The number of pyridine rings is 1. The monoisotopic (exact) mass is 460 g/mol. The van der Waals surface area contributed by atoms with Crippen molar-refractivity contribution in [1.82, 2.24) is 4.98 Å². The van der Waals surface area contributed by atoms with E-state index in [1.807, 2.05) is 6.20 Å². The van der Waals surface area contributed by atoms with E-state index < -0.39 is 0 Å². The van der Waals surface area contributed by atoms with Crippen LogP contribution in [0.5, 0.6) is 0 Å². The van der Waals surface area contributed by atoms with Crippen molar-refractivity contribution in [2.45, 2.75) is 59.8 Å². The van der Waals surface area contributed by atoms with Crippen LogP contribution in [0, 0.1) is 5.41 Å². The second-order valence-electron chi connectivity index (χ2n) is 11.8. The first kappa shape index (κ1) is 23.5. The predicted molar refractivity (Wildman–Crippen MR) is 152 cm³/mol. The molecule has 0 saturated carbocycles. The summed E-state index contributed by atoms with van der Waals surface area (Å²) < 4.78 is 0. The molecule has 0 bridgehead atoms. The Labute approximate surface area is 209 Å². The van der Waals surface area contributed by atoms with Crippen LogP contribution in [-0.2, 0) is 5.41 Å². The first-order valence-electron chi connectivity index (χ1n) is 12.8. The molecule has 0 radical (unpaired) electrons. The fourth-order valence-corrected chi connectivity index (χ4v) is 5.21. The second-order valence-corrected chi connectivity index (χ2v) is 11.8. The lowest BCUT2D eigenvalue weighted by molar-refractivity contribution is 0.480. The van der Waals surface area contributed by atoms with Crippen molar-refractivity contribution in [2.24, 2.45) is 10.4 Å². The quantitative estimate of drug-likeness (QED) is 0.274. The van der Waals surface area contributed by atoms with Gasteiger partial charge in [-0.05, 0) is 69.0 Å². The molecule has 178 valence electrons. The van der Waals surface area contributed by atoms with E-state index in [0.717, 1.165) is 30.8 Å². The Balaban J connectivity index is 1.87. The van der Waals surface area contributed by atoms with E-state index in [2.05, 4.69) is 108 Å². The van der Waals surface area contributed by atoms with Crippen LogP contribution in [-0.4, -0.2) is 17.2 Å². The van der Waals surface area contributed by atoms with Crippen molar-refractivity contribution in [2.75, 3.05) is 6.54 Å². The highest BCUT2D eigenvalue weighted by Crippen LogP contribution is 2.41. The average Bonchev–Trinajstić information content (AvgIpc) is 3.08. The molecule has 1 aliphatic heterocycles. The SMILES string of the molecule is CC(C)(C)C1=CC(c2c3ccccc3c(-c3cc(C(C)(C)C)ccn3)c3ccccc23)=NCCC1. The number of hydrogen-bond donors (Lipinski definition) is 0. The third-order valence-electron chi connectivity index (χ3n) is 7.23. The Kier molecular flexibility index (Phi) is 5.87. The lowest BCUT2D eigenvalue weighted by Gasteiger charge is -2.23. The highest BCUT2D eigenvalue weighted by atomic mass is 14.7. The minimum Gasteiger partial charge on any atom is -0.285 e. The average molecular weight is 461 g/mol. The Bertz CT molecular complexity index is 1420. The molecule has 0 atom stereocenters. The summed E-state index contributed by atoms with van der Waals surface area (Å²) in [6.07, 6.45) is 6.54. The number of hydrogen-bond acceptors (Lipinski definition) is 2. The topological polar surface area (TPSA) is 25.2 Å². The standard InChI is InChI=1S/C33H36N2/c1-32(2,3)22-12-11-18-34-28(20-22)30-24-13-7-9-15-26(24)31(27-16-10-8-14-25(27)30)29-21-23(17-19-35-29)33(4,5)6/h7-10,13-17,19-21H,11-12,18H2,1-6H3. The molecule has 5 rings (SSSR count). The molecule has 0 aliphatic carbocycles. The van der Waals surface area contributed by atoms with E-state index in [1.54, 1.807) is 0 Å². The van der Waals surface area contributed by atoms with E-state index in [0.29, 0.717) is 0 Å². The molecule has 3 aromatic carbocycles. The summed E-state index contributed by atoms with van der Waals surface area (Å²) in [5.74, 6) is 0. The minimum absolute atomic E-state index is 0.0620. The van der Waals surface area contributed by atoms with Crippen molar-refractivity contribution >= 4 is 27.3 Å². The van der Waals surface area contributed by atoms with Crippen LogP contribution in [0.2, 0.25) is 0 Å². The maximum Gasteiger partial charge on any atom is 0.0717 e. The van der Waals surface area contributed by atoms with Gasteiger partial charge in [-0.15, -0.1) is 0 Å². The van der Waals surface area contributed by atoms with Crippen LogP contribution in [0.25, 0.3) is 32.8 Å². The van der Waals surface area contributed by atoms with E-state index in [1.165, 1.54) is 43.8 Å². The predicted octanol–water partition coefficient (Wildman–Crippen LogP) is 8.91. The zero-order valence-corrected chi connectivity index (χ0v) is 21.9. The molecule has 35 heavy (non-hydrogen) atoms. The van der Waals surface area contributed by atoms with Gasteiger partial charge in [-0.2, -0.15) is 0 Å². The summed E-state index contributed by atoms with van der Waals surface area (Å²) in [7, 11) is 0. The summed E-state index contributed by atoms with van der Waals surface area (Å²) in [5, 5.41) is 4.96. The van der Waals surface area contributed by atoms with Gasteiger partial charge in [0.15, 0.2) is 0 Å². The molecule has 0 spiro atoms. The van der Waals surface area contributed by atoms with Crippen LogP contribution in [0.3, 0.4) is 0 Å². The first-order chi connectivity index (χ1) is 16.6. The Hall–Kier alpha value is -3.26. The molecule has 1 aliphatic rings. The third kappa shape index (κ3) is 4.43. The third-order valence-corrected chi connectivity index (χ3v) is 7.23. The summed E-state index contributed by atoms with van der Waals surface area (Å²) >= 11 is 0. The van der Waals surface area contributed by atoms with Gasteiger partial charge in [-0.25, -0.2) is 0 Å². The Morgan fingerprint density at radius 3 is 1.80 bits per heavy atom. The van der Waals surface area contributed by atoms with Crippen LogP contribution >= 0.6 is 0 Å². The van der Waals surface area contributed by atoms with Gasteiger partial charge in [0, 0.05) is 23.9 Å². The van der Waals surface area contributed by atoms with Gasteiger partial charge in [0.25, 0.3) is 0 Å². The molecule has 0 fully saturated rings. The first-order valence-corrected chi connectivity index (χ1v) is 12.8. The summed E-state index contributed by atoms with van der Waals surface area (Å²) in [4.78, 5) is 10.0. The number of allylic oxidation sites excluding steroid dienone is 2. The van der Waals surface area contributed by atoms with Crippen LogP contribution in [0.1, 0.15) is 65.5 Å². The molecule has 1 aromatic heterocycles. The van der Waals surface area contributed by atoms with Gasteiger partial charge in [0.1, 0.15) is 0 Å². The lowest BCUT2D eigenvalue weighted by Crippen LogP contribution is -2.12. The number of aromatic nitrogens is 1. The smallest absolute Gasteiger partial charge is 0.0717 e. The maximum absolute atomic E-state index is 5.13. The number of rotatable bonds is 2. The largest absolute Gasteiger partial charge is 0.285 e. The highest BCUT2D eigenvalue weighted by Gasteiger charge is 2.23. The maximum atomic E-state index is 5.13. The summed E-state index contributed by atoms with van der Waals surface area (Å²) in [6.45, 7) is 14.6. The van der Waals surface area contributed by atoms with Gasteiger partial charge < -0.3 is 0 Å². The molecular weight excluding hydrogens is 424 g/mol. The molecule has 0 saturated heterocycles. The van der Waals surface area contributed by atoms with Crippen LogP contribution < -0.4 is 0 Å². The van der Waals surface area contributed by atoms with Gasteiger partial charge in [0.2, 0.25) is 0 Å². The van der Waals surface area contributed by atoms with Crippen LogP contribution in [0.4, 0.5) is 0 Å². The number of nitrogens with zero attached hydrogens (tertiary/aromatic N) is 2. The molecule has 4 aromatic rings. The Morgan fingerprint density at radius 2 is 1.26 bits per heavy atom. The second kappa shape index (κ2) is 8.75. The number of fused-ring (bicyclic) bond motifs is 2. The molecule has 2 nitrogen and oxygen atoms in total.